The summed E-state index contributed by atoms with van der Waals surface area (Å²) in [4.78, 5) is 36.9. The van der Waals surface area contributed by atoms with Crippen molar-refractivity contribution in [3.05, 3.63) is 47.8 Å². The van der Waals surface area contributed by atoms with Crippen LogP contribution in [0.3, 0.4) is 0 Å². The third-order valence-corrected chi connectivity index (χ3v) is 7.98. The van der Waals surface area contributed by atoms with Gasteiger partial charge in [0.2, 0.25) is 15.9 Å². The van der Waals surface area contributed by atoms with Gasteiger partial charge >= 0.3 is 0 Å². The lowest BCUT2D eigenvalue weighted by Gasteiger charge is -2.30. The highest BCUT2D eigenvalue weighted by molar-refractivity contribution is 7.89. The molecule has 1 aliphatic heterocycles. The summed E-state index contributed by atoms with van der Waals surface area (Å²) in [5.41, 5.74) is 6.19. The van der Waals surface area contributed by atoms with Gasteiger partial charge in [0.1, 0.15) is 10.6 Å². The summed E-state index contributed by atoms with van der Waals surface area (Å²) < 4.78 is 28.7. The average molecular weight is 490 g/mol. The van der Waals surface area contributed by atoms with Gasteiger partial charge in [0.25, 0.3) is 11.8 Å². The number of amides is 3. The second-order valence-corrected chi connectivity index (χ2v) is 10.5. The molecule has 1 aromatic carbocycles. The molecule has 0 saturated carbocycles. The number of carbonyl (C=O) groups excluding carboxylic acids is 3. The van der Waals surface area contributed by atoms with E-state index in [1.807, 2.05) is 13.8 Å². The van der Waals surface area contributed by atoms with Gasteiger partial charge in [0.15, 0.2) is 0 Å². The fourth-order valence-corrected chi connectivity index (χ4v) is 5.40. The zero-order chi connectivity index (χ0) is 25.0. The van der Waals surface area contributed by atoms with E-state index in [9.17, 15) is 22.8 Å². The van der Waals surface area contributed by atoms with E-state index in [2.05, 4.69) is 10.6 Å². The van der Waals surface area contributed by atoms with E-state index in [1.54, 1.807) is 31.3 Å². The number of hydrogen-bond acceptors (Lipinski definition) is 5. The quantitative estimate of drug-likeness (QED) is 0.517. The molecular formula is C23H31N5O5S. The number of hydrogen-bond donors (Lipinski definition) is 3. The number of aryl methyl sites for hydroxylation is 1. The first-order valence-electron chi connectivity index (χ1n) is 11.2. The van der Waals surface area contributed by atoms with E-state index >= 15 is 0 Å². The van der Waals surface area contributed by atoms with Crippen molar-refractivity contribution in [2.45, 2.75) is 44.0 Å². The molecule has 2 aromatic rings. The van der Waals surface area contributed by atoms with E-state index in [0.717, 1.165) is 6.42 Å². The molecule has 11 heteroatoms. The molecule has 4 N–H and O–H groups in total. The predicted octanol–water partition coefficient (Wildman–Crippen LogP) is 1.69. The molecule has 1 saturated heterocycles. The van der Waals surface area contributed by atoms with Crippen LogP contribution in [0.4, 0.5) is 5.69 Å². The number of piperidine rings is 1. The van der Waals surface area contributed by atoms with Crippen LogP contribution in [0.25, 0.3) is 0 Å². The number of primary amides is 1. The van der Waals surface area contributed by atoms with Crippen molar-refractivity contribution in [2.24, 2.45) is 18.7 Å². The monoisotopic (exact) mass is 489 g/mol. The minimum atomic E-state index is -3.82. The number of aromatic nitrogens is 1. The summed E-state index contributed by atoms with van der Waals surface area (Å²) in [5, 5.41) is 5.73. The van der Waals surface area contributed by atoms with Crippen LogP contribution in [0.15, 0.2) is 41.4 Å². The molecule has 0 spiro atoms. The van der Waals surface area contributed by atoms with Gasteiger partial charge in [0, 0.05) is 38.3 Å². The molecule has 1 aromatic heterocycles. The van der Waals surface area contributed by atoms with Crippen LogP contribution in [-0.2, 0) is 21.9 Å². The number of para-hydroxylation sites is 1. The standard InChI is InChI=1S/C23H31N5O5S/c1-4-15(2)25-23(31)18-7-5-6-8-19(18)26-22(30)16-9-11-28(12-10-16)34(32,33)17-13-20(21(24)29)27(3)14-17/h5-8,13-16H,4,9-12H2,1-3H3,(H2,24,29)(H,25,31)(H,26,30). The fraction of sp³-hybridized carbons (Fsp3) is 0.435. The summed E-state index contributed by atoms with van der Waals surface area (Å²) in [7, 11) is -2.26. The van der Waals surface area contributed by atoms with Gasteiger partial charge < -0.3 is 20.9 Å². The highest BCUT2D eigenvalue weighted by Gasteiger charge is 2.33. The Kier molecular flexibility index (Phi) is 7.78. The SMILES string of the molecule is CCC(C)NC(=O)c1ccccc1NC(=O)C1CCN(S(=O)(=O)c2cc(C(N)=O)n(C)c2)CC1. The topological polar surface area (TPSA) is 144 Å². The molecule has 3 rings (SSSR count). The average Bonchev–Trinajstić information content (AvgIpc) is 3.22. The molecular weight excluding hydrogens is 458 g/mol. The summed E-state index contributed by atoms with van der Waals surface area (Å²) in [6.07, 6.45) is 2.81. The molecule has 3 amide bonds. The Morgan fingerprint density at radius 3 is 2.41 bits per heavy atom. The minimum absolute atomic E-state index is 0.00574. The van der Waals surface area contributed by atoms with E-state index in [-0.39, 0.29) is 41.5 Å². The van der Waals surface area contributed by atoms with Crippen LogP contribution in [0, 0.1) is 5.92 Å². The van der Waals surface area contributed by atoms with Gasteiger partial charge in [0.05, 0.1) is 11.3 Å². The minimum Gasteiger partial charge on any atom is -0.364 e. The van der Waals surface area contributed by atoms with E-state index < -0.39 is 21.8 Å². The first-order chi connectivity index (χ1) is 16.0. The van der Waals surface area contributed by atoms with E-state index in [4.69, 9.17) is 5.73 Å². The first-order valence-corrected chi connectivity index (χ1v) is 12.7. The molecule has 1 fully saturated rings. The molecule has 0 aliphatic carbocycles. The zero-order valence-electron chi connectivity index (χ0n) is 19.6. The normalized spacial score (nSPS) is 16.1. The second-order valence-electron chi connectivity index (χ2n) is 8.53. The summed E-state index contributed by atoms with van der Waals surface area (Å²) >= 11 is 0. The molecule has 184 valence electrons. The second kappa shape index (κ2) is 10.4. The number of rotatable bonds is 8. The largest absolute Gasteiger partial charge is 0.364 e. The fourth-order valence-electron chi connectivity index (χ4n) is 3.86. The highest BCUT2D eigenvalue weighted by atomic mass is 32.2. The highest BCUT2D eigenvalue weighted by Crippen LogP contribution is 2.26. The molecule has 10 nitrogen and oxygen atoms in total. The van der Waals surface area contributed by atoms with Crippen LogP contribution in [0.5, 0.6) is 0 Å². The molecule has 34 heavy (non-hydrogen) atoms. The summed E-state index contributed by atoms with van der Waals surface area (Å²) in [5.74, 6) is -1.62. The Bertz CT molecular complexity index is 1180. The summed E-state index contributed by atoms with van der Waals surface area (Å²) in [6.45, 7) is 4.21. The molecule has 0 radical (unpaired) electrons. The van der Waals surface area contributed by atoms with Crippen LogP contribution < -0.4 is 16.4 Å². The number of nitrogens with one attached hydrogen (secondary N) is 2. The molecule has 2 heterocycles. The van der Waals surface area contributed by atoms with Gasteiger partial charge in [-0.05, 0) is 44.4 Å². The lowest BCUT2D eigenvalue weighted by Crippen LogP contribution is -2.41. The van der Waals surface area contributed by atoms with Crippen LogP contribution in [0.1, 0.15) is 54.0 Å². The van der Waals surface area contributed by atoms with Gasteiger partial charge in [-0.25, -0.2) is 8.42 Å². The lowest BCUT2D eigenvalue weighted by molar-refractivity contribution is -0.120. The van der Waals surface area contributed by atoms with Gasteiger partial charge in [-0.2, -0.15) is 4.31 Å². The van der Waals surface area contributed by atoms with Gasteiger partial charge in [-0.1, -0.05) is 19.1 Å². The Morgan fingerprint density at radius 2 is 1.82 bits per heavy atom. The van der Waals surface area contributed by atoms with Crippen molar-refractivity contribution in [3.8, 4) is 0 Å². The zero-order valence-corrected chi connectivity index (χ0v) is 20.4. The van der Waals surface area contributed by atoms with Crippen molar-refractivity contribution in [1.82, 2.24) is 14.2 Å². The number of benzene rings is 1. The molecule has 1 unspecified atom stereocenters. The maximum absolute atomic E-state index is 13.0. The van der Waals surface area contributed by atoms with Crippen molar-refractivity contribution in [1.29, 1.82) is 0 Å². The lowest BCUT2D eigenvalue weighted by atomic mass is 9.97. The summed E-state index contributed by atoms with van der Waals surface area (Å²) in [6, 6.07) is 8.07. The Morgan fingerprint density at radius 1 is 1.18 bits per heavy atom. The Balaban J connectivity index is 1.65. The number of sulfonamides is 1. The number of nitrogens with zero attached hydrogens (tertiary/aromatic N) is 2. The predicted molar refractivity (Wildman–Crippen MR) is 128 cm³/mol. The molecule has 1 aliphatic rings. The molecule has 0 bridgehead atoms. The van der Waals surface area contributed by atoms with Crippen LogP contribution in [-0.4, -0.2) is 54.1 Å². The van der Waals surface area contributed by atoms with Crippen molar-refractivity contribution in [3.63, 3.8) is 0 Å². The van der Waals surface area contributed by atoms with Crippen molar-refractivity contribution >= 4 is 33.4 Å². The third-order valence-electron chi connectivity index (χ3n) is 6.11. The van der Waals surface area contributed by atoms with Gasteiger partial charge in [-0.15, -0.1) is 0 Å². The van der Waals surface area contributed by atoms with Gasteiger partial charge in [-0.3, -0.25) is 14.4 Å². The van der Waals surface area contributed by atoms with E-state index in [1.165, 1.54) is 21.1 Å². The number of carbonyl (C=O) groups is 3. The van der Waals surface area contributed by atoms with Crippen LogP contribution >= 0.6 is 0 Å². The Labute approximate surface area is 199 Å². The van der Waals surface area contributed by atoms with Crippen molar-refractivity contribution < 1.29 is 22.8 Å². The maximum Gasteiger partial charge on any atom is 0.265 e. The number of anilines is 1. The Hall–Kier alpha value is -3.18. The smallest absolute Gasteiger partial charge is 0.265 e. The van der Waals surface area contributed by atoms with Crippen molar-refractivity contribution in [2.75, 3.05) is 18.4 Å². The maximum atomic E-state index is 13.0. The third kappa shape index (κ3) is 5.48. The van der Waals surface area contributed by atoms with E-state index in [0.29, 0.717) is 24.1 Å². The van der Waals surface area contributed by atoms with Crippen LogP contribution in [0.2, 0.25) is 0 Å². The number of nitrogens with two attached hydrogens (primary N) is 1. The first kappa shape index (κ1) is 25.4. The molecule has 1 atom stereocenters.